The molecule has 3 aliphatic rings. The second kappa shape index (κ2) is 8.35. The minimum atomic E-state index is -0.504. The van der Waals surface area contributed by atoms with E-state index in [-0.39, 0.29) is 23.9 Å². The third-order valence-corrected chi connectivity index (χ3v) is 5.82. The number of aliphatic hydroxyl groups excluding tert-OH is 1. The quantitative estimate of drug-likeness (QED) is 0.718. The fourth-order valence-electron chi connectivity index (χ4n) is 4.44. The van der Waals surface area contributed by atoms with Crippen LogP contribution in [0.3, 0.4) is 0 Å². The Morgan fingerprint density at radius 2 is 2.19 bits per heavy atom. The number of hydrogen-bond donors (Lipinski definition) is 1. The Balaban J connectivity index is 0.00000121. The maximum absolute atomic E-state index is 11.2. The maximum Gasteiger partial charge on any atom is 0.119 e. The number of nitrogens with zero attached hydrogens (tertiary/aromatic N) is 2. The lowest BCUT2D eigenvalue weighted by Gasteiger charge is -2.50. The highest BCUT2D eigenvalue weighted by Gasteiger charge is 2.42. The van der Waals surface area contributed by atoms with Crippen molar-refractivity contribution in [2.45, 2.75) is 25.0 Å². The topological polar surface area (TPSA) is 77.1 Å². The SMILES string of the molecule is C=C[C@H]1CN2CCC1C[C@@H]2C(O)c1ccnc2ccc(OC)cc12.O.[Cl-]. The van der Waals surface area contributed by atoms with Gasteiger partial charge in [-0.15, -0.1) is 6.58 Å². The van der Waals surface area contributed by atoms with Crippen LogP contribution >= 0.6 is 0 Å². The van der Waals surface area contributed by atoms with E-state index in [1.807, 2.05) is 24.3 Å². The molecule has 0 radical (unpaired) electrons. The summed E-state index contributed by atoms with van der Waals surface area (Å²) in [5, 5.41) is 12.1. The highest BCUT2D eigenvalue weighted by Crippen LogP contribution is 2.42. The Hall–Kier alpha value is -1.66. The van der Waals surface area contributed by atoms with Crippen LogP contribution in [0.15, 0.2) is 43.1 Å². The van der Waals surface area contributed by atoms with Gasteiger partial charge in [-0.3, -0.25) is 9.88 Å². The molecule has 0 amide bonds. The predicted octanol–water partition coefficient (Wildman–Crippen LogP) is -0.647. The first-order chi connectivity index (χ1) is 11.7. The molecule has 142 valence electrons. The molecule has 26 heavy (non-hydrogen) atoms. The van der Waals surface area contributed by atoms with Gasteiger partial charge in [0.2, 0.25) is 0 Å². The van der Waals surface area contributed by atoms with Crippen molar-refractivity contribution in [3.63, 3.8) is 0 Å². The van der Waals surface area contributed by atoms with Gasteiger partial charge in [-0.05, 0) is 61.1 Å². The molecule has 2 bridgehead atoms. The average molecular weight is 378 g/mol. The second-order valence-electron chi connectivity index (χ2n) is 6.97. The summed E-state index contributed by atoms with van der Waals surface area (Å²) < 4.78 is 5.35. The van der Waals surface area contributed by atoms with E-state index in [0.717, 1.165) is 41.7 Å². The van der Waals surface area contributed by atoms with Crippen LogP contribution in [0.4, 0.5) is 0 Å². The summed E-state index contributed by atoms with van der Waals surface area (Å²) in [5.41, 5.74) is 1.85. The van der Waals surface area contributed by atoms with Crippen LogP contribution in [0.2, 0.25) is 0 Å². The number of fused-ring (bicyclic) bond motifs is 4. The van der Waals surface area contributed by atoms with Crippen molar-refractivity contribution >= 4 is 10.9 Å². The summed E-state index contributed by atoms with van der Waals surface area (Å²) in [6, 6.07) is 7.96. The maximum atomic E-state index is 11.2. The number of methoxy groups -OCH3 is 1. The van der Waals surface area contributed by atoms with Crippen LogP contribution in [0, 0.1) is 11.8 Å². The molecule has 1 aromatic carbocycles. The monoisotopic (exact) mass is 377 g/mol. The fraction of sp³-hybridized carbons (Fsp3) is 0.450. The van der Waals surface area contributed by atoms with Gasteiger partial charge in [0.1, 0.15) is 5.75 Å². The zero-order valence-corrected chi connectivity index (χ0v) is 15.7. The highest BCUT2D eigenvalue weighted by atomic mass is 35.5. The third-order valence-electron chi connectivity index (χ3n) is 5.82. The van der Waals surface area contributed by atoms with Gasteiger partial charge in [-0.25, -0.2) is 0 Å². The predicted molar refractivity (Wildman–Crippen MR) is 98.6 cm³/mol. The molecule has 3 N–H and O–H groups in total. The van der Waals surface area contributed by atoms with Crippen LogP contribution in [-0.4, -0.2) is 46.7 Å². The van der Waals surface area contributed by atoms with Gasteiger partial charge in [0.25, 0.3) is 0 Å². The molecule has 3 unspecified atom stereocenters. The lowest BCUT2D eigenvalue weighted by molar-refractivity contribution is -0.0444. The molecular weight excluding hydrogens is 352 g/mol. The summed E-state index contributed by atoms with van der Waals surface area (Å²) in [6.45, 7) is 6.07. The third kappa shape index (κ3) is 3.45. The molecule has 0 spiro atoms. The van der Waals surface area contributed by atoms with Crippen LogP contribution < -0.4 is 17.1 Å². The Kier molecular flexibility index (Phi) is 6.64. The van der Waals surface area contributed by atoms with E-state index in [1.54, 1.807) is 13.3 Å². The van der Waals surface area contributed by atoms with E-state index in [1.165, 1.54) is 6.42 Å². The summed E-state index contributed by atoms with van der Waals surface area (Å²) in [4.78, 5) is 6.86. The molecule has 6 heteroatoms. The standard InChI is InChI=1S/C20H24N2O2.ClH.H2O/c1-3-13-12-22-9-7-14(13)10-19(22)20(23)16-6-8-21-18-5-4-15(24-2)11-17(16)18;;/h3-6,8,11,13-14,19-20,23H,1,7,9-10,12H2,2H3;1H;1H2/p-1/t13-,14?,19+,20?;;/m0../s1. The molecule has 2 aromatic rings. The van der Waals surface area contributed by atoms with Crippen molar-refractivity contribution in [2.75, 3.05) is 20.2 Å². The first kappa shape index (κ1) is 20.6. The number of aromatic nitrogens is 1. The number of benzene rings is 1. The molecule has 4 heterocycles. The highest BCUT2D eigenvalue weighted by molar-refractivity contribution is 5.83. The van der Waals surface area contributed by atoms with Gasteiger partial charge in [0.15, 0.2) is 0 Å². The Morgan fingerprint density at radius 1 is 1.38 bits per heavy atom. The van der Waals surface area contributed by atoms with Crippen LogP contribution in [0.5, 0.6) is 5.75 Å². The lowest BCUT2D eigenvalue weighted by Crippen LogP contribution is -3.00. The van der Waals surface area contributed by atoms with Crippen molar-refractivity contribution in [1.29, 1.82) is 0 Å². The van der Waals surface area contributed by atoms with E-state index in [9.17, 15) is 5.11 Å². The van der Waals surface area contributed by atoms with Crippen molar-refractivity contribution in [2.24, 2.45) is 11.8 Å². The Bertz CT molecular complexity index is 770. The molecule has 3 aliphatic heterocycles. The molecule has 3 fully saturated rings. The zero-order valence-electron chi connectivity index (χ0n) is 14.9. The van der Waals surface area contributed by atoms with E-state index in [4.69, 9.17) is 4.74 Å². The minimum Gasteiger partial charge on any atom is -1.00 e. The minimum absolute atomic E-state index is 0. The second-order valence-corrected chi connectivity index (χ2v) is 6.97. The van der Waals surface area contributed by atoms with Gasteiger partial charge >= 0.3 is 0 Å². The molecular formula is C20H26ClN2O3-. The van der Waals surface area contributed by atoms with E-state index < -0.39 is 6.10 Å². The van der Waals surface area contributed by atoms with E-state index in [0.29, 0.717) is 11.8 Å². The largest absolute Gasteiger partial charge is 1.00 e. The van der Waals surface area contributed by atoms with Crippen LogP contribution in [0.25, 0.3) is 10.9 Å². The first-order valence-electron chi connectivity index (χ1n) is 8.68. The van der Waals surface area contributed by atoms with Crippen LogP contribution in [-0.2, 0) is 0 Å². The van der Waals surface area contributed by atoms with Crippen molar-refractivity contribution in [3.05, 3.63) is 48.7 Å². The fourth-order valence-corrected chi connectivity index (χ4v) is 4.44. The number of aliphatic hydroxyl groups is 1. The number of pyridine rings is 1. The van der Waals surface area contributed by atoms with E-state index >= 15 is 0 Å². The molecule has 0 aliphatic carbocycles. The first-order valence-corrected chi connectivity index (χ1v) is 8.68. The zero-order chi connectivity index (χ0) is 16.7. The summed E-state index contributed by atoms with van der Waals surface area (Å²) in [7, 11) is 1.66. The number of halogens is 1. The smallest absolute Gasteiger partial charge is 0.119 e. The van der Waals surface area contributed by atoms with E-state index in [2.05, 4.69) is 22.5 Å². The van der Waals surface area contributed by atoms with Crippen LogP contribution in [0.1, 0.15) is 24.5 Å². The van der Waals surface area contributed by atoms with Gasteiger partial charge in [0, 0.05) is 24.2 Å². The number of ether oxygens (including phenoxy) is 1. The summed E-state index contributed by atoms with van der Waals surface area (Å²) >= 11 is 0. The van der Waals surface area contributed by atoms with Gasteiger partial charge in [0.05, 0.1) is 18.7 Å². The Morgan fingerprint density at radius 3 is 2.85 bits per heavy atom. The molecule has 1 aromatic heterocycles. The average Bonchev–Trinajstić information content (AvgIpc) is 2.66. The molecule has 0 saturated carbocycles. The molecule has 3 saturated heterocycles. The molecule has 5 atom stereocenters. The number of hydrogen-bond acceptors (Lipinski definition) is 4. The normalized spacial score (nSPS) is 27.9. The molecule has 5 nitrogen and oxygen atoms in total. The summed E-state index contributed by atoms with van der Waals surface area (Å²) in [5.74, 6) is 2.01. The van der Waals surface area contributed by atoms with Gasteiger partial charge < -0.3 is 27.7 Å². The Labute approximate surface area is 160 Å². The lowest BCUT2D eigenvalue weighted by atomic mass is 9.73. The van der Waals surface area contributed by atoms with Crippen molar-refractivity contribution in [3.8, 4) is 5.75 Å². The molecule has 5 rings (SSSR count). The summed E-state index contributed by atoms with van der Waals surface area (Å²) in [6.07, 6.45) is 5.62. The van der Waals surface area contributed by atoms with Crippen molar-refractivity contribution < 1.29 is 27.7 Å². The number of piperidine rings is 3. The van der Waals surface area contributed by atoms with Crippen molar-refractivity contribution in [1.82, 2.24) is 9.88 Å². The number of rotatable bonds is 4. The van der Waals surface area contributed by atoms with Gasteiger partial charge in [-0.2, -0.15) is 0 Å². The van der Waals surface area contributed by atoms with Gasteiger partial charge in [-0.1, -0.05) is 6.08 Å².